The fourth-order valence-electron chi connectivity index (χ4n) is 9.53. The SMILES string of the molecule is CC(C)[C@H](CC[C@@H](C)[C@H]1CC(O)C2C3C[C@@H](O)[C@@]4(O)C[C@@H](O)CC[C@]4(C)C3CC[C@@]21C)OS(=O)(=O)O. The average Bonchev–Trinajstić information content (AvgIpc) is 3.03. The van der Waals surface area contributed by atoms with Gasteiger partial charge >= 0.3 is 10.4 Å². The zero-order valence-corrected chi connectivity index (χ0v) is 23.3. The van der Waals surface area contributed by atoms with E-state index in [2.05, 4.69) is 20.8 Å². The van der Waals surface area contributed by atoms with Crippen LogP contribution in [0.3, 0.4) is 0 Å². The Morgan fingerprint density at radius 1 is 1.00 bits per heavy atom. The molecular formula is C27H48O8S. The Kier molecular flexibility index (Phi) is 7.75. The minimum absolute atomic E-state index is 0.0292. The van der Waals surface area contributed by atoms with Crippen molar-refractivity contribution < 1.29 is 37.6 Å². The third-order valence-electron chi connectivity index (χ3n) is 11.5. The van der Waals surface area contributed by atoms with Gasteiger partial charge in [-0.3, -0.25) is 4.55 Å². The van der Waals surface area contributed by atoms with E-state index in [-0.39, 0.29) is 47.3 Å². The molecule has 4 aliphatic rings. The number of fused-ring (bicyclic) bond motifs is 5. The van der Waals surface area contributed by atoms with Crippen molar-refractivity contribution in [2.75, 3.05) is 0 Å². The van der Waals surface area contributed by atoms with Crippen molar-refractivity contribution in [1.82, 2.24) is 0 Å². The average molecular weight is 533 g/mol. The predicted octanol–water partition coefficient (Wildman–Crippen LogP) is 3.32. The Hall–Kier alpha value is -0.290. The molecule has 9 heteroatoms. The van der Waals surface area contributed by atoms with E-state index in [0.29, 0.717) is 32.1 Å². The maximum Gasteiger partial charge on any atom is 0.397 e. The topological polar surface area (TPSA) is 145 Å². The van der Waals surface area contributed by atoms with Gasteiger partial charge in [0.15, 0.2) is 0 Å². The molecule has 4 rings (SSSR count). The van der Waals surface area contributed by atoms with Crippen LogP contribution in [0.15, 0.2) is 0 Å². The molecule has 0 saturated heterocycles. The molecule has 0 heterocycles. The maximum absolute atomic E-state index is 11.6. The molecule has 12 atom stereocenters. The summed E-state index contributed by atoms with van der Waals surface area (Å²) in [5.41, 5.74) is -1.90. The molecule has 0 amide bonds. The molecule has 0 spiro atoms. The van der Waals surface area contributed by atoms with Crippen molar-refractivity contribution in [3.05, 3.63) is 0 Å². The molecule has 36 heavy (non-hydrogen) atoms. The highest BCUT2D eigenvalue weighted by Crippen LogP contribution is 2.69. The Labute approximate surface area is 216 Å². The Morgan fingerprint density at radius 2 is 1.67 bits per heavy atom. The van der Waals surface area contributed by atoms with E-state index in [1.54, 1.807) is 0 Å². The van der Waals surface area contributed by atoms with E-state index in [0.717, 1.165) is 19.3 Å². The normalized spacial score (nSPS) is 48.7. The lowest BCUT2D eigenvalue weighted by Crippen LogP contribution is -2.69. The second-order valence-electron chi connectivity index (χ2n) is 13.6. The summed E-state index contributed by atoms with van der Waals surface area (Å²) in [5.74, 6) is 0.733. The lowest BCUT2D eigenvalue weighted by Gasteiger charge is -2.65. The lowest BCUT2D eigenvalue weighted by atomic mass is 9.42. The molecule has 4 saturated carbocycles. The molecule has 0 aromatic heterocycles. The van der Waals surface area contributed by atoms with E-state index in [1.807, 2.05) is 13.8 Å². The van der Waals surface area contributed by atoms with Crippen LogP contribution < -0.4 is 0 Å². The summed E-state index contributed by atoms with van der Waals surface area (Å²) in [6.07, 6.45) is 3.12. The van der Waals surface area contributed by atoms with Crippen molar-refractivity contribution in [2.24, 2.45) is 46.3 Å². The van der Waals surface area contributed by atoms with Gasteiger partial charge in [-0.2, -0.15) is 8.42 Å². The second-order valence-corrected chi connectivity index (χ2v) is 14.6. The minimum Gasteiger partial charge on any atom is -0.393 e. The molecule has 0 bridgehead atoms. The van der Waals surface area contributed by atoms with Gasteiger partial charge in [0.05, 0.1) is 30.0 Å². The molecule has 0 aromatic rings. The first-order valence-corrected chi connectivity index (χ1v) is 15.3. The summed E-state index contributed by atoms with van der Waals surface area (Å²) in [5, 5.41) is 44.6. The number of hydrogen-bond donors (Lipinski definition) is 5. The Bertz CT molecular complexity index is 909. The fourth-order valence-corrected chi connectivity index (χ4v) is 10.2. The quantitative estimate of drug-likeness (QED) is 0.314. The summed E-state index contributed by atoms with van der Waals surface area (Å²) in [6, 6.07) is 0. The zero-order valence-electron chi connectivity index (χ0n) is 22.5. The molecule has 0 radical (unpaired) electrons. The van der Waals surface area contributed by atoms with Gasteiger partial charge in [-0.25, -0.2) is 4.18 Å². The summed E-state index contributed by atoms with van der Waals surface area (Å²) in [6.45, 7) is 10.3. The number of rotatable bonds is 7. The van der Waals surface area contributed by atoms with Crippen molar-refractivity contribution >= 4 is 10.4 Å². The minimum atomic E-state index is -4.52. The molecule has 5 N–H and O–H groups in total. The van der Waals surface area contributed by atoms with Gasteiger partial charge in [0.25, 0.3) is 0 Å². The maximum atomic E-state index is 11.6. The summed E-state index contributed by atoms with van der Waals surface area (Å²) in [7, 11) is -4.52. The standard InChI is InChI=1S/C27H48O8S/c1-15(2)22(35-36(32,33)34)7-6-16(3)20-13-21(29)24-18-12-23(30)27(31)14-17(28)8-11-26(27,5)19(18)9-10-25(20,24)4/h15-24,28-31H,6-14H2,1-5H3,(H,32,33,34)/t16-,17+,18?,19?,20-,21?,22+,23-,24?,25-,26-,27+/m1/s1. The zero-order chi connectivity index (χ0) is 26.8. The van der Waals surface area contributed by atoms with Crippen LogP contribution in [0.5, 0.6) is 0 Å². The van der Waals surface area contributed by atoms with E-state index < -0.39 is 45.8 Å². The molecule has 4 unspecified atom stereocenters. The first-order valence-electron chi connectivity index (χ1n) is 14.0. The highest BCUT2D eigenvalue weighted by Gasteiger charge is 2.68. The van der Waals surface area contributed by atoms with Gasteiger partial charge in [0.1, 0.15) is 0 Å². The molecule has 0 aliphatic heterocycles. The van der Waals surface area contributed by atoms with Crippen LogP contribution in [0.25, 0.3) is 0 Å². The van der Waals surface area contributed by atoms with Crippen molar-refractivity contribution in [3.8, 4) is 0 Å². The molecule has 210 valence electrons. The monoisotopic (exact) mass is 532 g/mol. The van der Waals surface area contributed by atoms with Crippen LogP contribution in [0.1, 0.15) is 92.4 Å². The molecule has 8 nitrogen and oxygen atoms in total. The van der Waals surface area contributed by atoms with Gasteiger partial charge < -0.3 is 20.4 Å². The number of hydrogen-bond acceptors (Lipinski definition) is 7. The number of aliphatic hydroxyl groups is 4. The smallest absolute Gasteiger partial charge is 0.393 e. The Balaban J connectivity index is 1.53. The fraction of sp³-hybridized carbons (Fsp3) is 1.00. The summed E-state index contributed by atoms with van der Waals surface area (Å²) < 4.78 is 36.7. The molecular weight excluding hydrogens is 484 g/mol. The highest BCUT2D eigenvalue weighted by molar-refractivity contribution is 7.80. The van der Waals surface area contributed by atoms with Crippen molar-refractivity contribution in [3.63, 3.8) is 0 Å². The second kappa shape index (κ2) is 9.72. The first-order chi connectivity index (χ1) is 16.5. The van der Waals surface area contributed by atoms with Crippen LogP contribution in [0.4, 0.5) is 0 Å². The summed E-state index contributed by atoms with van der Waals surface area (Å²) in [4.78, 5) is 0. The van der Waals surface area contributed by atoms with Gasteiger partial charge in [-0.1, -0.05) is 34.6 Å². The van der Waals surface area contributed by atoms with Crippen LogP contribution in [0, 0.1) is 46.3 Å². The van der Waals surface area contributed by atoms with Crippen LogP contribution in [-0.4, -0.2) is 63.4 Å². The Morgan fingerprint density at radius 3 is 2.28 bits per heavy atom. The first kappa shape index (κ1) is 28.7. The summed E-state index contributed by atoms with van der Waals surface area (Å²) >= 11 is 0. The lowest BCUT2D eigenvalue weighted by molar-refractivity contribution is -0.268. The van der Waals surface area contributed by atoms with Gasteiger partial charge in [0, 0.05) is 11.8 Å². The third-order valence-corrected chi connectivity index (χ3v) is 12.0. The van der Waals surface area contributed by atoms with E-state index >= 15 is 0 Å². The number of aliphatic hydroxyl groups excluding tert-OH is 3. The van der Waals surface area contributed by atoms with E-state index in [1.165, 1.54) is 0 Å². The van der Waals surface area contributed by atoms with Gasteiger partial charge in [-0.15, -0.1) is 0 Å². The van der Waals surface area contributed by atoms with Crippen molar-refractivity contribution in [1.29, 1.82) is 0 Å². The van der Waals surface area contributed by atoms with Crippen molar-refractivity contribution in [2.45, 2.75) is 122 Å². The van der Waals surface area contributed by atoms with Gasteiger partial charge in [-0.05, 0) is 92.3 Å². The largest absolute Gasteiger partial charge is 0.397 e. The molecule has 4 aliphatic carbocycles. The van der Waals surface area contributed by atoms with E-state index in [9.17, 15) is 33.4 Å². The van der Waals surface area contributed by atoms with Crippen LogP contribution in [0.2, 0.25) is 0 Å². The van der Waals surface area contributed by atoms with E-state index in [4.69, 9.17) is 4.18 Å². The predicted molar refractivity (Wildman–Crippen MR) is 135 cm³/mol. The van der Waals surface area contributed by atoms with Gasteiger partial charge in [0.2, 0.25) is 0 Å². The molecule has 0 aromatic carbocycles. The third kappa shape index (κ3) is 4.69. The van der Waals surface area contributed by atoms with Crippen LogP contribution in [-0.2, 0) is 14.6 Å². The highest BCUT2D eigenvalue weighted by atomic mass is 32.3. The molecule has 4 fully saturated rings. The van der Waals surface area contributed by atoms with Crippen LogP contribution >= 0.6 is 0 Å².